The zero-order chi connectivity index (χ0) is 23.1. The Balaban J connectivity index is 1.76. The molecule has 0 unspecified atom stereocenters. The smallest absolute Gasteiger partial charge is 0.189 e. The number of pyridine rings is 1. The Morgan fingerprint density at radius 1 is 1.15 bits per heavy atom. The van der Waals surface area contributed by atoms with Crippen LogP contribution in [0.25, 0.3) is 38.1 Å². The molecule has 3 heterocycles. The second kappa shape index (κ2) is 8.23. The van der Waals surface area contributed by atoms with E-state index in [0.29, 0.717) is 11.5 Å². The van der Waals surface area contributed by atoms with Crippen LogP contribution >= 0.6 is 0 Å². The van der Waals surface area contributed by atoms with Gasteiger partial charge >= 0.3 is 0 Å². The number of nitrogens with zero attached hydrogens (tertiary/aromatic N) is 3. The molecule has 1 fully saturated rings. The third kappa shape index (κ3) is 3.90. The Morgan fingerprint density at radius 2 is 1.94 bits per heavy atom. The van der Waals surface area contributed by atoms with E-state index in [1.165, 1.54) is 12.1 Å². The number of piperidine rings is 1. The summed E-state index contributed by atoms with van der Waals surface area (Å²) in [6.07, 6.45) is 3.46. The second-order valence-corrected chi connectivity index (χ2v) is 8.69. The Labute approximate surface area is 191 Å². The highest BCUT2D eigenvalue weighted by atomic mass is 19.1. The Bertz CT molecular complexity index is 1370. The zero-order valence-corrected chi connectivity index (χ0v) is 18.4. The van der Waals surface area contributed by atoms with Gasteiger partial charge < -0.3 is 21.4 Å². The number of benzene rings is 2. The van der Waals surface area contributed by atoms with Gasteiger partial charge in [-0.25, -0.2) is 14.2 Å². The van der Waals surface area contributed by atoms with E-state index in [2.05, 4.69) is 19.7 Å². The molecule has 0 radical (unpaired) electrons. The first-order valence-electron chi connectivity index (χ1n) is 11.0. The van der Waals surface area contributed by atoms with Crippen molar-refractivity contribution in [2.45, 2.75) is 25.8 Å². The van der Waals surface area contributed by atoms with Gasteiger partial charge in [0, 0.05) is 36.4 Å². The summed E-state index contributed by atoms with van der Waals surface area (Å²) >= 11 is 0. The number of rotatable bonds is 3. The quantitative estimate of drug-likeness (QED) is 0.372. The van der Waals surface area contributed by atoms with Gasteiger partial charge in [-0.1, -0.05) is 18.2 Å². The zero-order valence-electron chi connectivity index (χ0n) is 18.4. The third-order valence-corrected chi connectivity index (χ3v) is 6.29. The van der Waals surface area contributed by atoms with Crippen molar-refractivity contribution in [2.24, 2.45) is 5.73 Å². The molecule has 1 saturated heterocycles. The van der Waals surface area contributed by atoms with Crippen LogP contribution in [0.3, 0.4) is 0 Å². The molecule has 5 N–H and O–H groups in total. The molecule has 1 aliphatic heterocycles. The van der Waals surface area contributed by atoms with Crippen LogP contribution in [-0.2, 0) is 0 Å². The number of hydrogen-bond donors (Lipinski definition) is 3. The molecule has 2 aromatic carbocycles. The second-order valence-electron chi connectivity index (χ2n) is 8.69. The average molecular weight is 441 g/mol. The van der Waals surface area contributed by atoms with Crippen molar-refractivity contribution in [3.05, 3.63) is 71.5 Å². The molecular formula is C26H25FN6. The lowest BCUT2D eigenvalue weighted by atomic mass is 9.96. The number of aromatic amines is 1. The molecule has 1 aliphatic rings. The average Bonchev–Trinajstić information content (AvgIpc) is 3.21. The summed E-state index contributed by atoms with van der Waals surface area (Å²) < 4.78 is 14.3. The highest BCUT2D eigenvalue weighted by molar-refractivity contribution is 5.98. The molecule has 7 heteroatoms. The normalized spacial score (nSPS) is 14.5. The van der Waals surface area contributed by atoms with Crippen LogP contribution < -0.4 is 16.4 Å². The summed E-state index contributed by atoms with van der Waals surface area (Å²) in [6.45, 7) is 10.7. The van der Waals surface area contributed by atoms with Crippen LogP contribution in [0.15, 0.2) is 48.7 Å². The highest BCUT2D eigenvalue weighted by Crippen LogP contribution is 2.43. The first-order chi connectivity index (χ1) is 15.9. The van der Waals surface area contributed by atoms with Gasteiger partial charge in [0.15, 0.2) is 5.69 Å². The predicted molar refractivity (Wildman–Crippen MR) is 132 cm³/mol. The maximum Gasteiger partial charge on any atom is 0.189 e. The SMILES string of the molecule is [C-]#[N+]c1ccc2cc(-c3c(N)ncc(-c4cc(C)cc(F)c4)c3N3CCC(N)CC3)[nH]c2c1. The van der Waals surface area contributed by atoms with Crippen molar-refractivity contribution < 1.29 is 4.39 Å². The molecule has 166 valence electrons. The monoisotopic (exact) mass is 440 g/mol. The first-order valence-corrected chi connectivity index (χ1v) is 11.0. The molecule has 4 aromatic rings. The number of nitrogen functional groups attached to an aromatic ring is 1. The molecule has 0 aliphatic carbocycles. The number of anilines is 2. The number of nitrogens with one attached hydrogen (secondary N) is 1. The molecule has 0 atom stereocenters. The molecule has 6 nitrogen and oxygen atoms in total. The van der Waals surface area contributed by atoms with Crippen molar-refractivity contribution in [1.29, 1.82) is 0 Å². The third-order valence-electron chi connectivity index (χ3n) is 6.29. The van der Waals surface area contributed by atoms with Crippen molar-refractivity contribution >= 4 is 28.1 Å². The summed E-state index contributed by atoms with van der Waals surface area (Å²) in [5.41, 5.74) is 19.0. The minimum Gasteiger partial charge on any atom is -0.383 e. The number of hydrogen-bond acceptors (Lipinski definition) is 4. The van der Waals surface area contributed by atoms with E-state index in [-0.39, 0.29) is 11.9 Å². The number of fused-ring (bicyclic) bond motifs is 1. The van der Waals surface area contributed by atoms with E-state index in [4.69, 9.17) is 18.0 Å². The fourth-order valence-electron chi connectivity index (χ4n) is 4.66. The van der Waals surface area contributed by atoms with Gasteiger partial charge in [-0.15, -0.1) is 0 Å². The van der Waals surface area contributed by atoms with Crippen molar-refractivity contribution in [3.8, 4) is 22.4 Å². The van der Waals surface area contributed by atoms with E-state index >= 15 is 0 Å². The minimum atomic E-state index is -0.285. The molecule has 0 saturated carbocycles. The van der Waals surface area contributed by atoms with Gasteiger partial charge in [0.2, 0.25) is 0 Å². The van der Waals surface area contributed by atoms with Gasteiger partial charge in [-0.2, -0.15) is 0 Å². The van der Waals surface area contributed by atoms with Crippen molar-refractivity contribution in [3.63, 3.8) is 0 Å². The number of aromatic nitrogens is 2. The van der Waals surface area contributed by atoms with Gasteiger partial charge in [-0.05, 0) is 60.5 Å². The van der Waals surface area contributed by atoms with Crippen LogP contribution in [0.4, 0.5) is 21.6 Å². The lowest BCUT2D eigenvalue weighted by Gasteiger charge is -2.35. The van der Waals surface area contributed by atoms with Gasteiger partial charge in [0.05, 0.1) is 23.5 Å². The number of halogens is 1. The largest absolute Gasteiger partial charge is 0.383 e. The maximum absolute atomic E-state index is 14.3. The maximum atomic E-state index is 14.3. The number of aryl methyl sites for hydroxylation is 1. The topological polar surface area (TPSA) is 88.3 Å². The molecule has 0 amide bonds. The summed E-state index contributed by atoms with van der Waals surface area (Å²) in [7, 11) is 0. The summed E-state index contributed by atoms with van der Waals surface area (Å²) in [5, 5.41) is 0.982. The van der Waals surface area contributed by atoms with Gasteiger partial charge in [0.1, 0.15) is 11.6 Å². The van der Waals surface area contributed by atoms with Gasteiger partial charge in [-0.3, -0.25) is 0 Å². The van der Waals surface area contributed by atoms with Gasteiger partial charge in [0.25, 0.3) is 0 Å². The molecular weight excluding hydrogens is 415 g/mol. The van der Waals surface area contributed by atoms with E-state index in [9.17, 15) is 4.39 Å². The van der Waals surface area contributed by atoms with Crippen molar-refractivity contribution in [1.82, 2.24) is 9.97 Å². The molecule has 0 spiro atoms. The Morgan fingerprint density at radius 3 is 2.67 bits per heavy atom. The van der Waals surface area contributed by atoms with E-state index in [1.807, 2.05) is 31.2 Å². The van der Waals surface area contributed by atoms with E-state index in [0.717, 1.165) is 70.5 Å². The van der Waals surface area contributed by atoms with Crippen LogP contribution in [0.5, 0.6) is 0 Å². The lowest BCUT2D eigenvalue weighted by molar-refractivity contribution is 0.501. The molecule has 5 rings (SSSR count). The summed E-state index contributed by atoms with van der Waals surface area (Å²) in [5.74, 6) is 0.112. The number of H-pyrrole nitrogens is 1. The van der Waals surface area contributed by atoms with E-state index < -0.39 is 0 Å². The fraction of sp³-hybridized carbons (Fsp3) is 0.231. The molecule has 2 aromatic heterocycles. The lowest BCUT2D eigenvalue weighted by Crippen LogP contribution is -2.40. The first kappa shape index (κ1) is 21.0. The molecule has 33 heavy (non-hydrogen) atoms. The Kier molecular flexibility index (Phi) is 5.23. The Hall–Kier alpha value is -3.89. The molecule has 0 bridgehead atoms. The minimum absolute atomic E-state index is 0.170. The van der Waals surface area contributed by atoms with E-state index in [1.54, 1.807) is 12.3 Å². The van der Waals surface area contributed by atoms with Crippen molar-refractivity contribution in [2.75, 3.05) is 23.7 Å². The highest BCUT2D eigenvalue weighted by Gasteiger charge is 2.26. The van der Waals surface area contributed by atoms with Crippen LogP contribution in [0.1, 0.15) is 18.4 Å². The summed E-state index contributed by atoms with van der Waals surface area (Å²) in [4.78, 5) is 13.7. The van der Waals surface area contributed by atoms with Crippen LogP contribution in [0.2, 0.25) is 0 Å². The predicted octanol–water partition coefficient (Wildman–Crippen LogP) is 5.40. The standard InChI is InChI=1S/C26H25FN6/c1-15-9-17(11-18(27)10-15)21-14-31-26(29)24(25(21)33-7-5-19(28)6-8-33)23-12-16-3-4-20(30-2)13-22(16)32-23/h3-4,9-14,19,32H,5-8,28H2,1H3,(H2,29,31). The van der Waals surface area contributed by atoms with Crippen LogP contribution in [-0.4, -0.2) is 29.1 Å². The summed E-state index contributed by atoms with van der Waals surface area (Å²) in [6, 6.07) is 12.8. The van der Waals surface area contributed by atoms with Crippen LogP contribution in [0, 0.1) is 19.3 Å². The number of nitrogens with two attached hydrogens (primary N) is 2. The fourth-order valence-corrected chi connectivity index (χ4v) is 4.66.